The SMILES string of the molecule is CC(C)NS(=O)(=O)Nc1ccc(Cl)cc1C(=O)O. The van der Waals surface area contributed by atoms with Gasteiger partial charge in [0.25, 0.3) is 10.2 Å². The molecule has 0 atom stereocenters. The van der Waals surface area contributed by atoms with E-state index in [1.165, 1.54) is 18.2 Å². The largest absolute Gasteiger partial charge is 0.478 e. The summed E-state index contributed by atoms with van der Waals surface area (Å²) in [5.74, 6) is -1.26. The van der Waals surface area contributed by atoms with Crippen LogP contribution in [-0.4, -0.2) is 25.5 Å². The van der Waals surface area contributed by atoms with Crippen molar-refractivity contribution in [1.29, 1.82) is 0 Å². The molecule has 1 rings (SSSR count). The van der Waals surface area contributed by atoms with Crippen LogP contribution in [0.4, 0.5) is 5.69 Å². The highest BCUT2D eigenvalue weighted by Gasteiger charge is 2.17. The zero-order valence-electron chi connectivity index (χ0n) is 9.77. The van der Waals surface area contributed by atoms with Gasteiger partial charge in [0.2, 0.25) is 0 Å². The smallest absolute Gasteiger partial charge is 0.337 e. The molecule has 0 heterocycles. The summed E-state index contributed by atoms with van der Waals surface area (Å²) in [5.41, 5.74) is -0.253. The van der Waals surface area contributed by atoms with Gasteiger partial charge in [0, 0.05) is 11.1 Å². The minimum atomic E-state index is -3.81. The van der Waals surface area contributed by atoms with E-state index >= 15 is 0 Å². The van der Waals surface area contributed by atoms with Gasteiger partial charge in [-0.3, -0.25) is 4.72 Å². The molecule has 18 heavy (non-hydrogen) atoms. The molecular formula is C10H13ClN2O4S. The lowest BCUT2D eigenvalue weighted by Gasteiger charge is -2.13. The van der Waals surface area contributed by atoms with E-state index < -0.39 is 16.2 Å². The summed E-state index contributed by atoms with van der Waals surface area (Å²) in [4.78, 5) is 11.0. The van der Waals surface area contributed by atoms with E-state index in [4.69, 9.17) is 16.7 Å². The Hall–Kier alpha value is -1.31. The molecule has 0 spiro atoms. The second kappa shape index (κ2) is 5.55. The average Bonchev–Trinajstić information content (AvgIpc) is 2.18. The Morgan fingerprint density at radius 2 is 2.00 bits per heavy atom. The van der Waals surface area contributed by atoms with E-state index in [0.29, 0.717) is 0 Å². The molecule has 0 bridgehead atoms. The number of nitrogens with one attached hydrogen (secondary N) is 2. The van der Waals surface area contributed by atoms with Crippen molar-refractivity contribution in [2.45, 2.75) is 19.9 Å². The van der Waals surface area contributed by atoms with Crippen molar-refractivity contribution >= 4 is 33.5 Å². The van der Waals surface area contributed by atoms with Crippen molar-refractivity contribution in [1.82, 2.24) is 4.72 Å². The average molecular weight is 293 g/mol. The van der Waals surface area contributed by atoms with E-state index in [1.807, 2.05) is 0 Å². The molecule has 0 aromatic heterocycles. The van der Waals surface area contributed by atoms with E-state index in [1.54, 1.807) is 13.8 Å². The van der Waals surface area contributed by atoms with Crippen molar-refractivity contribution in [3.8, 4) is 0 Å². The van der Waals surface area contributed by atoms with Gasteiger partial charge in [0.1, 0.15) is 0 Å². The van der Waals surface area contributed by atoms with Crippen LogP contribution in [-0.2, 0) is 10.2 Å². The monoisotopic (exact) mass is 292 g/mol. The number of carbonyl (C=O) groups is 1. The maximum atomic E-state index is 11.6. The van der Waals surface area contributed by atoms with Gasteiger partial charge in [-0.05, 0) is 32.0 Å². The lowest BCUT2D eigenvalue weighted by Crippen LogP contribution is -2.35. The van der Waals surface area contributed by atoms with E-state index in [-0.39, 0.29) is 22.3 Å². The maximum absolute atomic E-state index is 11.6. The second-order valence-corrected chi connectivity index (χ2v) is 5.76. The standard InChI is InChI=1S/C10H13ClN2O4S/c1-6(2)12-18(16,17)13-9-4-3-7(11)5-8(9)10(14)15/h3-6,12-13H,1-2H3,(H,14,15). The van der Waals surface area contributed by atoms with Gasteiger partial charge in [0.05, 0.1) is 11.3 Å². The normalized spacial score (nSPS) is 11.6. The zero-order chi connectivity index (χ0) is 13.9. The van der Waals surface area contributed by atoms with Gasteiger partial charge < -0.3 is 5.11 Å². The topological polar surface area (TPSA) is 95.5 Å². The van der Waals surface area contributed by atoms with Gasteiger partial charge in [-0.25, -0.2) is 4.79 Å². The van der Waals surface area contributed by atoms with E-state index in [2.05, 4.69) is 9.44 Å². The van der Waals surface area contributed by atoms with Crippen LogP contribution < -0.4 is 9.44 Å². The number of aromatic carboxylic acids is 1. The van der Waals surface area contributed by atoms with Crippen LogP contribution in [0.5, 0.6) is 0 Å². The maximum Gasteiger partial charge on any atom is 0.337 e. The Morgan fingerprint density at radius 1 is 1.39 bits per heavy atom. The van der Waals surface area contributed by atoms with Crippen LogP contribution >= 0.6 is 11.6 Å². The molecule has 3 N–H and O–H groups in total. The highest BCUT2D eigenvalue weighted by molar-refractivity contribution is 7.90. The number of hydrogen-bond donors (Lipinski definition) is 3. The first-order chi connectivity index (χ1) is 8.21. The molecule has 0 amide bonds. The fraction of sp³-hybridized carbons (Fsp3) is 0.300. The van der Waals surface area contributed by atoms with Gasteiger partial charge >= 0.3 is 5.97 Å². The summed E-state index contributed by atoms with van der Waals surface area (Å²) < 4.78 is 27.7. The number of benzene rings is 1. The summed E-state index contributed by atoms with van der Waals surface area (Å²) in [6, 6.07) is 3.58. The highest BCUT2D eigenvalue weighted by atomic mass is 35.5. The van der Waals surface area contributed by atoms with Crippen molar-refractivity contribution in [3.63, 3.8) is 0 Å². The fourth-order valence-corrected chi connectivity index (χ4v) is 2.59. The molecule has 1 aromatic carbocycles. The molecule has 8 heteroatoms. The van der Waals surface area contributed by atoms with Crippen LogP contribution in [0.25, 0.3) is 0 Å². The minimum Gasteiger partial charge on any atom is -0.478 e. The zero-order valence-corrected chi connectivity index (χ0v) is 11.3. The van der Waals surface area contributed by atoms with Gasteiger partial charge in [-0.2, -0.15) is 13.1 Å². The van der Waals surface area contributed by atoms with Crippen LogP contribution in [0.2, 0.25) is 5.02 Å². The summed E-state index contributed by atoms with van der Waals surface area (Å²) in [5, 5.41) is 9.17. The molecule has 0 saturated heterocycles. The number of anilines is 1. The molecule has 0 aliphatic rings. The van der Waals surface area contributed by atoms with Crippen molar-refractivity contribution in [2.75, 3.05) is 4.72 Å². The Labute approximate surface area is 110 Å². The van der Waals surface area contributed by atoms with Gasteiger partial charge in [0.15, 0.2) is 0 Å². The first-order valence-electron chi connectivity index (χ1n) is 5.04. The lowest BCUT2D eigenvalue weighted by atomic mass is 10.2. The molecule has 1 aromatic rings. The molecule has 0 aliphatic carbocycles. The number of carboxylic acids is 1. The molecule has 0 aliphatic heterocycles. The third-order valence-corrected chi connectivity index (χ3v) is 3.35. The van der Waals surface area contributed by atoms with Crippen LogP contribution in [0.15, 0.2) is 18.2 Å². The minimum absolute atomic E-state index is 0.0416. The Bertz CT molecular complexity index is 557. The van der Waals surface area contributed by atoms with Crippen LogP contribution in [0.3, 0.4) is 0 Å². The van der Waals surface area contributed by atoms with Crippen LogP contribution in [0.1, 0.15) is 24.2 Å². The molecule has 0 unspecified atom stereocenters. The number of rotatable bonds is 5. The second-order valence-electron chi connectivity index (χ2n) is 3.87. The molecule has 6 nitrogen and oxygen atoms in total. The fourth-order valence-electron chi connectivity index (χ4n) is 1.27. The van der Waals surface area contributed by atoms with Gasteiger partial charge in [-0.1, -0.05) is 11.6 Å². The predicted molar refractivity (Wildman–Crippen MR) is 69.2 cm³/mol. The number of carboxylic acid groups (broad SMARTS) is 1. The predicted octanol–water partition coefficient (Wildman–Crippen LogP) is 1.69. The first-order valence-corrected chi connectivity index (χ1v) is 6.90. The summed E-state index contributed by atoms with van der Waals surface area (Å²) in [6.07, 6.45) is 0. The lowest BCUT2D eigenvalue weighted by molar-refractivity contribution is 0.0698. The summed E-state index contributed by atoms with van der Waals surface area (Å²) >= 11 is 5.66. The third-order valence-electron chi connectivity index (χ3n) is 1.85. The van der Waals surface area contributed by atoms with E-state index in [9.17, 15) is 13.2 Å². The molecule has 100 valence electrons. The molecule has 0 radical (unpaired) electrons. The Kier molecular flexibility index (Phi) is 4.55. The first kappa shape index (κ1) is 14.7. The van der Waals surface area contributed by atoms with Crippen LogP contribution in [0, 0.1) is 0 Å². The van der Waals surface area contributed by atoms with E-state index in [0.717, 1.165) is 0 Å². The number of halogens is 1. The van der Waals surface area contributed by atoms with Crippen molar-refractivity contribution < 1.29 is 18.3 Å². The number of hydrogen-bond acceptors (Lipinski definition) is 3. The Morgan fingerprint density at radius 3 is 2.50 bits per heavy atom. The van der Waals surface area contributed by atoms with Crippen molar-refractivity contribution in [2.24, 2.45) is 0 Å². The van der Waals surface area contributed by atoms with Gasteiger partial charge in [-0.15, -0.1) is 0 Å². The summed E-state index contributed by atoms with van der Waals surface area (Å²) in [6.45, 7) is 3.30. The highest BCUT2D eigenvalue weighted by Crippen LogP contribution is 2.21. The molecular weight excluding hydrogens is 280 g/mol. The Balaban J connectivity index is 3.08. The quantitative estimate of drug-likeness (QED) is 0.769. The summed E-state index contributed by atoms with van der Waals surface area (Å²) in [7, 11) is -3.81. The molecule has 0 saturated carbocycles. The molecule has 0 fully saturated rings. The van der Waals surface area contributed by atoms with Crippen molar-refractivity contribution in [3.05, 3.63) is 28.8 Å². The third kappa shape index (κ3) is 4.17.